The number of hydrogen-bond donors (Lipinski definition) is 1. The van der Waals surface area contributed by atoms with Gasteiger partial charge >= 0.3 is 0 Å². The minimum Gasteiger partial charge on any atom is -0.497 e. The van der Waals surface area contributed by atoms with Crippen LogP contribution in [0.1, 0.15) is 5.56 Å². The van der Waals surface area contributed by atoms with Gasteiger partial charge in [0.1, 0.15) is 11.4 Å². The van der Waals surface area contributed by atoms with Gasteiger partial charge < -0.3 is 19.0 Å². The van der Waals surface area contributed by atoms with E-state index in [0.29, 0.717) is 17.7 Å². The summed E-state index contributed by atoms with van der Waals surface area (Å²) in [7, 11) is 3.58. The van der Waals surface area contributed by atoms with Crippen molar-refractivity contribution in [2.75, 3.05) is 12.9 Å². The number of methoxy groups -OCH3 is 1. The van der Waals surface area contributed by atoms with Gasteiger partial charge in [-0.25, -0.2) is 0 Å². The average Bonchev–Trinajstić information content (AvgIpc) is 3.35. The highest BCUT2D eigenvalue weighted by Gasteiger charge is 2.15. The molecule has 0 aliphatic rings. The Bertz CT molecular complexity index is 1150. The molecule has 148 valence electrons. The van der Waals surface area contributed by atoms with Crippen molar-refractivity contribution in [1.29, 1.82) is 0 Å². The van der Waals surface area contributed by atoms with Crippen LogP contribution in [0.3, 0.4) is 0 Å². The number of benzene rings is 2. The number of amides is 1. The van der Waals surface area contributed by atoms with Crippen molar-refractivity contribution >= 4 is 28.6 Å². The summed E-state index contributed by atoms with van der Waals surface area (Å²) in [4.78, 5) is 12.1. The van der Waals surface area contributed by atoms with Crippen LogP contribution in [0.5, 0.6) is 5.75 Å². The lowest BCUT2D eigenvalue weighted by atomic mass is 10.2. The highest BCUT2D eigenvalue weighted by molar-refractivity contribution is 7.99. The predicted octanol–water partition coefficient (Wildman–Crippen LogP) is 3.65. The van der Waals surface area contributed by atoms with Crippen molar-refractivity contribution in [1.82, 2.24) is 20.1 Å². The number of carbonyl (C=O) groups excluding carboxylic acids is 1. The molecule has 4 rings (SSSR count). The molecule has 0 saturated carbocycles. The van der Waals surface area contributed by atoms with Crippen LogP contribution in [0, 0.1) is 0 Å². The van der Waals surface area contributed by atoms with Crippen LogP contribution in [0.4, 0.5) is 0 Å². The molecule has 0 unspecified atom stereocenters. The molecule has 29 heavy (non-hydrogen) atoms. The third-order valence-electron chi connectivity index (χ3n) is 4.53. The van der Waals surface area contributed by atoms with Crippen molar-refractivity contribution in [2.24, 2.45) is 7.05 Å². The Hall–Kier alpha value is -3.26. The van der Waals surface area contributed by atoms with Gasteiger partial charge in [-0.15, -0.1) is 10.2 Å². The second kappa shape index (κ2) is 8.40. The summed E-state index contributed by atoms with van der Waals surface area (Å²) >= 11 is 1.21. The summed E-state index contributed by atoms with van der Waals surface area (Å²) in [6, 6.07) is 17.7. The molecule has 0 bridgehead atoms. The van der Waals surface area contributed by atoms with Gasteiger partial charge in [0.25, 0.3) is 11.1 Å². The molecule has 0 aliphatic carbocycles. The molecule has 0 fully saturated rings. The number of nitrogens with one attached hydrogen (secondary N) is 1. The average molecular weight is 408 g/mol. The molecular weight excluding hydrogens is 388 g/mol. The summed E-state index contributed by atoms with van der Waals surface area (Å²) in [5.74, 6) is 1.28. The molecular formula is C21H20N4O3S. The molecule has 2 aromatic carbocycles. The van der Waals surface area contributed by atoms with Gasteiger partial charge in [0.05, 0.1) is 12.9 Å². The quantitative estimate of drug-likeness (QED) is 0.470. The fourth-order valence-electron chi connectivity index (χ4n) is 3.03. The molecule has 7 nitrogen and oxygen atoms in total. The van der Waals surface area contributed by atoms with Crippen LogP contribution < -0.4 is 10.1 Å². The Labute approximate surface area is 172 Å². The van der Waals surface area contributed by atoms with Crippen LogP contribution in [-0.4, -0.2) is 33.5 Å². The smallest absolute Gasteiger partial charge is 0.277 e. The molecule has 0 aliphatic heterocycles. The van der Waals surface area contributed by atoms with Crippen molar-refractivity contribution in [3.8, 4) is 17.3 Å². The molecule has 0 radical (unpaired) electrons. The molecule has 2 aromatic heterocycles. The number of aryl methyl sites for hydroxylation is 1. The molecule has 2 heterocycles. The maximum absolute atomic E-state index is 12.1. The van der Waals surface area contributed by atoms with Crippen molar-refractivity contribution in [2.45, 2.75) is 11.8 Å². The zero-order valence-electron chi connectivity index (χ0n) is 16.1. The molecule has 0 atom stereocenters. The highest BCUT2D eigenvalue weighted by Crippen LogP contribution is 2.28. The van der Waals surface area contributed by atoms with Gasteiger partial charge in [-0.1, -0.05) is 42.1 Å². The number of carbonyl (C=O) groups is 1. The number of nitrogens with zero attached hydrogens (tertiary/aromatic N) is 3. The number of rotatable bonds is 7. The van der Waals surface area contributed by atoms with Crippen LogP contribution in [-0.2, 0) is 18.4 Å². The third-order valence-corrected chi connectivity index (χ3v) is 5.35. The molecule has 1 amide bonds. The van der Waals surface area contributed by atoms with E-state index < -0.39 is 0 Å². The summed E-state index contributed by atoms with van der Waals surface area (Å²) in [6.07, 6.45) is 0. The minimum absolute atomic E-state index is 0.109. The molecule has 0 spiro atoms. The van der Waals surface area contributed by atoms with E-state index in [1.165, 1.54) is 11.8 Å². The first-order valence-electron chi connectivity index (χ1n) is 9.05. The number of aromatic nitrogens is 3. The summed E-state index contributed by atoms with van der Waals surface area (Å²) in [5, 5.41) is 12.5. The summed E-state index contributed by atoms with van der Waals surface area (Å²) in [6.45, 7) is 0.432. The molecule has 8 heteroatoms. The van der Waals surface area contributed by atoms with Crippen molar-refractivity contribution < 1.29 is 13.9 Å². The van der Waals surface area contributed by atoms with E-state index in [1.54, 1.807) is 7.11 Å². The van der Waals surface area contributed by atoms with Gasteiger partial charge in [0, 0.05) is 24.5 Å². The second-order valence-corrected chi connectivity index (χ2v) is 7.36. The first kappa shape index (κ1) is 19.1. The predicted molar refractivity (Wildman–Crippen MR) is 112 cm³/mol. The number of hydrogen-bond acceptors (Lipinski definition) is 6. The van der Waals surface area contributed by atoms with Gasteiger partial charge in [0.2, 0.25) is 5.91 Å². The minimum atomic E-state index is -0.109. The number of thioether (sulfide) groups is 1. The van der Waals surface area contributed by atoms with E-state index in [1.807, 2.05) is 66.2 Å². The fraction of sp³-hybridized carbons (Fsp3) is 0.190. The Kier molecular flexibility index (Phi) is 5.53. The van der Waals surface area contributed by atoms with Crippen molar-refractivity contribution in [3.05, 3.63) is 60.2 Å². The van der Waals surface area contributed by atoms with Crippen molar-refractivity contribution in [3.63, 3.8) is 0 Å². The zero-order valence-corrected chi connectivity index (χ0v) is 16.9. The molecule has 0 saturated heterocycles. The van der Waals surface area contributed by atoms with E-state index in [2.05, 4.69) is 15.5 Å². The van der Waals surface area contributed by atoms with Gasteiger partial charge in [-0.05, 0) is 29.8 Å². The van der Waals surface area contributed by atoms with Gasteiger partial charge in [-0.2, -0.15) is 0 Å². The Morgan fingerprint density at radius 1 is 1.17 bits per heavy atom. The fourth-order valence-corrected chi connectivity index (χ4v) is 3.62. The van der Waals surface area contributed by atoms with Crippen LogP contribution in [0.2, 0.25) is 0 Å². The van der Waals surface area contributed by atoms with E-state index in [-0.39, 0.29) is 11.7 Å². The highest BCUT2D eigenvalue weighted by atomic mass is 32.2. The van der Waals surface area contributed by atoms with Gasteiger partial charge in [0.15, 0.2) is 0 Å². The lowest BCUT2D eigenvalue weighted by molar-refractivity contribution is -0.118. The molecule has 4 aromatic rings. The Balaban J connectivity index is 1.35. The van der Waals surface area contributed by atoms with E-state index >= 15 is 0 Å². The summed E-state index contributed by atoms with van der Waals surface area (Å²) in [5.41, 5.74) is 2.90. The van der Waals surface area contributed by atoms with Crippen LogP contribution >= 0.6 is 11.8 Å². The van der Waals surface area contributed by atoms with E-state index in [0.717, 1.165) is 27.9 Å². The summed E-state index contributed by atoms with van der Waals surface area (Å²) < 4.78 is 12.9. The lowest BCUT2D eigenvalue weighted by Crippen LogP contribution is -2.24. The first-order chi connectivity index (χ1) is 14.1. The number of fused-ring (bicyclic) bond motifs is 1. The monoisotopic (exact) mass is 408 g/mol. The zero-order chi connectivity index (χ0) is 20.2. The normalized spacial score (nSPS) is 11.0. The van der Waals surface area contributed by atoms with E-state index in [9.17, 15) is 4.79 Å². The van der Waals surface area contributed by atoms with Crippen LogP contribution in [0.15, 0.2) is 64.2 Å². The van der Waals surface area contributed by atoms with Gasteiger partial charge in [-0.3, -0.25) is 4.79 Å². The topological polar surface area (TPSA) is 82.2 Å². The maximum Gasteiger partial charge on any atom is 0.277 e. The SMILES string of the molecule is COc1cccc(CNC(=O)CSc2nnc(-c3cc4ccccc4n3C)o2)c1. The second-order valence-electron chi connectivity index (χ2n) is 6.44. The van der Waals surface area contributed by atoms with Crippen LogP contribution in [0.25, 0.3) is 22.5 Å². The third kappa shape index (κ3) is 4.27. The first-order valence-corrected chi connectivity index (χ1v) is 10.0. The maximum atomic E-state index is 12.1. The molecule has 1 N–H and O–H groups in total. The number of para-hydroxylation sites is 1. The lowest BCUT2D eigenvalue weighted by Gasteiger charge is -2.06. The van der Waals surface area contributed by atoms with E-state index in [4.69, 9.17) is 9.15 Å². The number of ether oxygens (including phenoxy) is 1. The largest absolute Gasteiger partial charge is 0.497 e. The Morgan fingerprint density at radius 3 is 2.86 bits per heavy atom. The standard InChI is InChI=1S/C21H20N4O3S/c1-25-17-9-4-3-7-15(17)11-18(25)20-23-24-21(28-20)29-13-19(26)22-12-14-6-5-8-16(10-14)27-2/h3-11H,12-13H2,1-2H3,(H,22,26). The Morgan fingerprint density at radius 2 is 2.03 bits per heavy atom.